The zero-order valence-corrected chi connectivity index (χ0v) is 21.4. The van der Waals surface area contributed by atoms with Gasteiger partial charge in [-0.1, -0.05) is 39.7 Å². The van der Waals surface area contributed by atoms with E-state index in [9.17, 15) is 18.8 Å². The van der Waals surface area contributed by atoms with Crippen LogP contribution in [-0.4, -0.2) is 25.0 Å². The minimum atomic E-state index is -0.840. The van der Waals surface area contributed by atoms with E-state index >= 15 is 0 Å². The van der Waals surface area contributed by atoms with Gasteiger partial charge in [-0.25, -0.2) is 14.1 Å². The Bertz CT molecular complexity index is 1410. The number of anilines is 1. The molecule has 0 saturated carbocycles. The number of rotatable bonds is 6. The molecule has 10 heteroatoms. The van der Waals surface area contributed by atoms with E-state index in [4.69, 9.17) is 21.1 Å². The normalized spacial score (nSPS) is 14.8. The van der Waals surface area contributed by atoms with E-state index in [1.54, 1.807) is 43.3 Å². The second-order valence-electron chi connectivity index (χ2n) is 7.84. The summed E-state index contributed by atoms with van der Waals surface area (Å²) in [5, 5.41) is 2.37. The molecule has 0 aliphatic carbocycles. The van der Waals surface area contributed by atoms with Crippen molar-refractivity contribution in [1.82, 2.24) is 5.32 Å². The van der Waals surface area contributed by atoms with Gasteiger partial charge in [0.05, 0.1) is 17.8 Å². The maximum atomic E-state index is 13.2. The average Bonchev–Trinajstić information content (AvgIpc) is 2.83. The van der Waals surface area contributed by atoms with E-state index in [-0.39, 0.29) is 34.5 Å². The van der Waals surface area contributed by atoms with Gasteiger partial charge < -0.3 is 9.47 Å². The third kappa shape index (κ3) is 5.27. The van der Waals surface area contributed by atoms with Gasteiger partial charge >= 0.3 is 6.03 Å². The molecule has 36 heavy (non-hydrogen) atoms. The quantitative estimate of drug-likeness (QED) is 0.297. The fourth-order valence-electron chi connectivity index (χ4n) is 3.61. The number of halogens is 3. The molecule has 1 aliphatic heterocycles. The number of barbiturate groups is 1. The molecule has 4 amide bonds. The number of ether oxygens (including phenoxy) is 2. The molecule has 0 unspecified atom stereocenters. The lowest BCUT2D eigenvalue weighted by Gasteiger charge is -2.27. The molecule has 1 saturated heterocycles. The van der Waals surface area contributed by atoms with Gasteiger partial charge in [-0.3, -0.25) is 14.9 Å². The van der Waals surface area contributed by atoms with Crippen LogP contribution in [0.5, 0.6) is 11.5 Å². The van der Waals surface area contributed by atoms with Crippen LogP contribution >= 0.6 is 27.5 Å². The van der Waals surface area contributed by atoms with Crippen molar-refractivity contribution in [1.29, 1.82) is 0 Å². The first kappa shape index (κ1) is 25.4. The molecule has 1 N–H and O–H groups in total. The number of urea groups is 1. The number of amides is 4. The first-order chi connectivity index (χ1) is 17.2. The Balaban J connectivity index is 1.65. The number of methoxy groups -OCH3 is 1. The minimum Gasteiger partial charge on any atom is -0.493 e. The van der Waals surface area contributed by atoms with Gasteiger partial charge in [-0.2, -0.15) is 0 Å². The first-order valence-corrected chi connectivity index (χ1v) is 11.8. The average molecular weight is 574 g/mol. The molecule has 1 fully saturated rings. The van der Waals surface area contributed by atoms with Crippen molar-refractivity contribution < 1.29 is 28.2 Å². The number of nitrogens with one attached hydrogen (secondary N) is 1. The van der Waals surface area contributed by atoms with Crippen LogP contribution in [0.4, 0.5) is 14.9 Å². The molecular weight excluding hydrogens is 555 g/mol. The van der Waals surface area contributed by atoms with Crippen molar-refractivity contribution in [3.8, 4) is 11.5 Å². The molecule has 0 atom stereocenters. The number of hydrogen-bond donors (Lipinski definition) is 1. The predicted octanol–water partition coefficient (Wildman–Crippen LogP) is 5.80. The molecule has 0 bridgehead atoms. The van der Waals surface area contributed by atoms with Gasteiger partial charge in [0, 0.05) is 4.47 Å². The molecule has 1 heterocycles. The van der Waals surface area contributed by atoms with Gasteiger partial charge in [0.25, 0.3) is 11.8 Å². The molecule has 3 aromatic carbocycles. The van der Waals surface area contributed by atoms with E-state index in [1.807, 2.05) is 0 Å². The summed E-state index contributed by atoms with van der Waals surface area (Å²) in [5.41, 5.74) is 1.85. The smallest absolute Gasteiger partial charge is 0.335 e. The maximum Gasteiger partial charge on any atom is 0.335 e. The number of carbonyl (C=O) groups is 3. The molecular formula is C26H19BrClFN2O5. The zero-order chi connectivity index (χ0) is 26.0. The summed E-state index contributed by atoms with van der Waals surface area (Å²) in [6, 6.07) is 13.1. The SMILES string of the molecule is COc1cc(/C=C2/C(=O)NC(=O)N(c3ccc(Br)cc3C)C2=O)cc(Cl)c1OCc1ccc(F)cc1. The Morgan fingerprint density at radius 3 is 2.47 bits per heavy atom. The van der Waals surface area contributed by atoms with Crippen LogP contribution in [0, 0.1) is 12.7 Å². The highest BCUT2D eigenvalue weighted by Crippen LogP contribution is 2.38. The van der Waals surface area contributed by atoms with Gasteiger partial charge in [-0.05, 0) is 72.2 Å². The maximum absolute atomic E-state index is 13.2. The van der Waals surface area contributed by atoms with Crippen LogP contribution in [0.1, 0.15) is 16.7 Å². The number of hydrogen-bond acceptors (Lipinski definition) is 5. The largest absolute Gasteiger partial charge is 0.493 e. The van der Waals surface area contributed by atoms with Crippen LogP contribution < -0.4 is 19.7 Å². The summed E-state index contributed by atoms with van der Waals surface area (Å²) < 4.78 is 25.1. The minimum absolute atomic E-state index is 0.112. The molecule has 0 radical (unpaired) electrons. The predicted molar refractivity (Wildman–Crippen MR) is 137 cm³/mol. The zero-order valence-electron chi connectivity index (χ0n) is 19.1. The fourth-order valence-corrected chi connectivity index (χ4v) is 4.36. The molecule has 3 aromatic rings. The van der Waals surface area contributed by atoms with Crippen molar-refractivity contribution in [2.45, 2.75) is 13.5 Å². The standard InChI is InChI=1S/C26H19BrClFN2O5/c1-14-9-17(27)5-8-21(14)31-25(33)19(24(32)30-26(31)34)10-16-11-20(28)23(22(12-16)35-2)36-13-15-3-6-18(29)7-4-15/h3-12H,13H2,1-2H3,(H,30,32,34)/b19-10-. The second kappa shape index (κ2) is 10.5. The number of benzene rings is 3. The monoisotopic (exact) mass is 572 g/mol. The molecule has 4 rings (SSSR count). The van der Waals surface area contributed by atoms with Gasteiger partial charge in [0.2, 0.25) is 0 Å². The molecule has 0 aromatic heterocycles. The highest BCUT2D eigenvalue weighted by Gasteiger charge is 2.37. The molecule has 7 nitrogen and oxygen atoms in total. The third-order valence-electron chi connectivity index (χ3n) is 5.36. The first-order valence-electron chi connectivity index (χ1n) is 10.6. The van der Waals surface area contributed by atoms with E-state index in [0.717, 1.165) is 14.9 Å². The fraction of sp³-hybridized carbons (Fsp3) is 0.115. The van der Waals surface area contributed by atoms with Crippen molar-refractivity contribution in [2.24, 2.45) is 0 Å². The van der Waals surface area contributed by atoms with E-state index in [2.05, 4.69) is 21.2 Å². The Kier molecular flexibility index (Phi) is 7.42. The lowest BCUT2D eigenvalue weighted by molar-refractivity contribution is -0.122. The molecule has 1 aliphatic rings. The molecule has 184 valence electrons. The lowest BCUT2D eigenvalue weighted by Crippen LogP contribution is -2.54. The summed E-state index contributed by atoms with van der Waals surface area (Å²) in [7, 11) is 1.42. The van der Waals surface area contributed by atoms with E-state index < -0.39 is 17.8 Å². The van der Waals surface area contributed by atoms with Crippen molar-refractivity contribution >= 4 is 57.1 Å². The number of nitrogens with zero attached hydrogens (tertiary/aromatic N) is 1. The van der Waals surface area contributed by atoms with E-state index in [1.165, 1.54) is 31.4 Å². The highest BCUT2D eigenvalue weighted by molar-refractivity contribution is 9.10. The van der Waals surface area contributed by atoms with Crippen LogP contribution in [-0.2, 0) is 16.2 Å². The van der Waals surface area contributed by atoms with Gasteiger partial charge in [0.15, 0.2) is 11.5 Å². The topological polar surface area (TPSA) is 84.9 Å². The summed E-state index contributed by atoms with van der Waals surface area (Å²) in [6.45, 7) is 1.86. The second-order valence-corrected chi connectivity index (χ2v) is 9.16. The highest BCUT2D eigenvalue weighted by atomic mass is 79.9. The summed E-state index contributed by atoms with van der Waals surface area (Å²) in [4.78, 5) is 39.2. The van der Waals surface area contributed by atoms with Crippen molar-refractivity contribution in [2.75, 3.05) is 12.0 Å². The number of aryl methyl sites for hydroxylation is 1. The van der Waals surface area contributed by atoms with Crippen LogP contribution in [0.15, 0.2) is 64.6 Å². The summed E-state index contributed by atoms with van der Waals surface area (Å²) in [5.74, 6) is -1.46. The molecule has 0 spiro atoms. The van der Waals surface area contributed by atoms with Gasteiger partial charge in [-0.15, -0.1) is 0 Å². The van der Waals surface area contributed by atoms with Crippen LogP contribution in [0.3, 0.4) is 0 Å². The Morgan fingerprint density at radius 1 is 1.08 bits per heavy atom. The van der Waals surface area contributed by atoms with Crippen molar-refractivity contribution in [3.63, 3.8) is 0 Å². The summed E-state index contributed by atoms with van der Waals surface area (Å²) >= 11 is 9.78. The van der Waals surface area contributed by atoms with Crippen LogP contribution in [0.2, 0.25) is 5.02 Å². The third-order valence-corrected chi connectivity index (χ3v) is 6.13. The van der Waals surface area contributed by atoms with E-state index in [0.29, 0.717) is 16.8 Å². The number of imide groups is 2. The van der Waals surface area contributed by atoms with Crippen molar-refractivity contribution in [3.05, 3.63) is 92.2 Å². The van der Waals surface area contributed by atoms with Crippen LogP contribution in [0.25, 0.3) is 6.08 Å². The summed E-state index contributed by atoms with van der Waals surface area (Å²) in [6.07, 6.45) is 1.32. The Labute approximate surface area is 219 Å². The number of carbonyl (C=O) groups excluding carboxylic acids is 3. The van der Waals surface area contributed by atoms with Gasteiger partial charge in [0.1, 0.15) is 18.0 Å². The Morgan fingerprint density at radius 2 is 1.81 bits per heavy atom. The Hall–Kier alpha value is -3.69. The lowest BCUT2D eigenvalue weighted by atomic mass is 10.1.